The highest BCUT2D eigenvalue weighted by atomic mass is 16.2. The minimum Gasteiger partial charge on any atom is -0.355 e. The fourth-order valence-electron chi connectivity index (χ4n) is 5.58. The van der Waals surface area contributed by atoms with Crippen LogP contribution in [0.3, 0.4) is 0 Å². The molecule has 2 aromatic carbocycles. The summed E-state index contributed by atoms with van der Waals surface area (Å²) >= 11 is 0. The molecule has 2 aliphatic rings. The van der Waals surface area contributed by atoms with Crippen LogP contribution >= 0.6 is 0 Å². The zero-order valence-electron chi connectivity index (χ0n) is 19.0. The fourth-order valence-corrected chi connectivity index (χ4v) is 5.58. The Kier molecular flexibility index (Phi) is 7.97. The van der Waals surface area contributed by atoms with Gasteiger partial charge in [-0.05, 0) is 49.1 Å². The topological polar surface area (TPSA) is 49.4 Å². The van der Waals surface area contributed by atoms with E-state index in [0.717, 1.165) is 19.4 Å². The van der Waals surface area contributed by atoms with Crippen LogP contribution in [-0.4, -0.2) is 35.8 Å². The number of fused-ring (bicyclic) bond motifs is 1. The van der Waals surface area contributed by atoms with Crippen molar-refractivity contribution in [1.29, 1.82) is 0 Å². The van der Waals surface area contributed by atoms with Crippen LogP contribution in [0, 0.1) is 5.92 Å². The predicted octanol–water partition coefficient (Wildman–Crippen LogP) is 5.29. The van der Waals surface area contributed by atoms with Gasteiger partial charge in [-0.3, -0.25) is 9.59 Å². The quantitative estimate of drug-likeness (QED) is 0.616. The maximum absolute atomic E-state index is 12.9. The van der Waals surface area contributed by atoms with Gasteiger partial charge in [-0.1, -0.05) is 73.5 Å². The number of piperidine rings is 1. The molecule has 4 heteroatoms. The molecule has 32 heavy (non-hydrogen) atoms. The molecule has 4 nitrogen and oxygen atoms in total. The Balaban J connectivity index is 1.25. The first kappa shape index (κ1) is 22.6. The van der Waals surface area contributed by atoms with Crippen LogP contribution in [0.2, 0.25) is 0 Å². The Morgan fingerprint density at radius 2 is 1.47 bits per heavy atom. The van der Waals surface area contributed by atoms with E-state index in [1.54, 1.807) is 0 Å². The van der Waals surface area contributed by atoms with Crippen molar-refractivity contribution in [3.8, 4) is 0 Å². The summed E-state index contributed by atoms with van der Waals surface area (Å²) < 4.78 is 0. The van der Waals surface area contributed by atoms with Gasteiger partial charge in [0.1, 0.15) is 0 Å². The third-order valence-electron chi connectivity index (χ3n) is 7.27. The summed E-state index contributed by atoms with van der Waals surface area (Å²) in [4.78, 5) is 27.6. The van der Waals surface area contributed by atoms with E-state index in [9.17, 15) is 9.59 Å². The molecule has 2 atom stereocenters. The molecule has 1 aliphatic heterocycles. The first-order valence-corrected chi connectivity index (χ1v) is 12.4. The van der Waals surface area contributed by atoms with Gasteiger partial charge >= 0.3 is 0 Å². The molecule has 0 radical (unpaired) electrons. The number of rotatable bonds is 8. The normalized spacial score (nSPS) is 20.6. The number of carbonyl (C=O) groups is 2. The van der Waals surface area contributed by atoms with Crippen molar-refractivity contribution in [2.24, 2.45) is 5.92 Å². The Labute approximate surface area is 192 Å². The van der Waals surface area contributed by atoms with E-state index in [0.29, 0.717) is 37.8 Å². The zero-order valence-corrected chi connectivity index (χ0v) is 19.0. The molecular formula is C28H36N2O2. The average molecular weight is 433 g/mol. The van der Waals surface area contributed by atoms with Gasteiger partial charge in [-0.25, -0.2) is 0 Å². The SMILES string of the molecule is O=C(CCCC(=O)N1CCCC2CCCCC21)NCC(c1ccccc1)c1ccccc1. The van der Waals surface area contributed by atoms with E-state index in [-0.39, 0.29) is 17.7 Å². The second-order valence-electron chi connectivity index (χ2n) is 9.37. The lowest BCUT2D eigenvalue weighted by Gasteiger charge is -2.44. The Hall–Kier alpha value is -2.62. The summed E-state index contributed by atoms with van der Waals surface area (Å²) in [6, 6.07) is 21.1. The van der Waals surface area contributed by atoms with Crippen LogP contribution in [0.5, 0.6) is 0 Å². The van der Waals surface area contributed by atoms with Crippen molar-refractivity contribution < 1.29 is 9.59 Å². The standard InChI is InChI=1S/C28H36N2O2/c31-27(18-9-19-28(32)30-20-10-16-24-15-7-8-17-26(24)30)29-21-25(22-11-3-1-4-12-22)23-13-5-2-6-14-23/h1-6,11-14,24-26H,7-10,15-21H2,(H,29,31). The van der Waals surface area contributed by atoms with Crippen molar-refractivity contribution >= 4 is 11.8 Å². The number of likely N-dealkylation sites (tertiary alicyclic amines) is 1. The highest BCUT2D eigenvalue weighted by Gasteiger charge is 2.35. The largest absolute Gasteiger partial charge is 0.355 e. The monoisotopic (exact) mass is 432 g/mol. The van der Waals surface area contributed by atoms with Crippen LogP contribution in [0.25, 0.3) is 0 Å². The van der Waals surface area contributed by atoms with Gasteiger partial charge in [0.2, 0.25) is 11.8 Å². The van der Waals surface area contributed by atoms with E-state index in [4.69, 9.17) is 0 Å². The molecule has 1 saturated carbocycles. The summed E-state index contributed by atoms with van der Waals surface area (Å²) in [7, 11) is 0. The van der Waals surface area contributed by atoms with Gasteiger partial charge in [-0.15, -0.1) is 0 Å². The fraction of sp³-hybridized carbons (Fsp3) is 0.500. The van der Waals surface area contributed by atoms with Gasteiger partial charge in [-0.2, -0.15) is 0 Å². The molecule has 170 valence electrons. The van der Waals surface area contributed by atoms with E-state index >= 15 is 0 Å². The maximum atomic E-state index is 12.9. The summed E-state index contributed by atoms with van der Waals surface area (Å²) in [5, 5.41) is 3.11. The Bertz CT molecular complexity index is 826. The lowest BCUT2D eigenvalue weighted by molar-refractivity contribution is -0.137. The van der Waals surface area contributed by atoms with Crippen molar-refractivity contribution in [3.63, 3.8) is 0 Å². The third-order valence-corrected chi connectivity index (χ3v) is 7.27. The number of hydrogen-bond donors (Lipinski definition) is 1. The van der Waals surface area contributed by atoms with Gasteiger partial charge in [0.15, 0.2) is 0 Å². The summed E-state index contributed by atoms with van der Waals surface area (Å²) in [5.74, 6) is 1.11. The van der Waals surface area contributed by atoms with Crippen molar-refractivity contribution in [2.45, 2.75) is 69.7 Å². The molecule has 2 unspecified atom stereocenters. The lowest BCUT2D eigenvalue weighted by atomic mass is 9.78. The zero-order chi connectivity index (χ0) is 22.2. The Morgan fingerprint density at radius 3 is 2.16 bits per heavy atom. The second-order valence-corrected chi connectivity index (χ2v) is 9.37. The van der Waals surface area contributed by atoms with Crippen molar-refractivity contribution in [2.75, 3.05) is 13.1 Å². The van der Waals surface area contributed by atoms with Gasteiger partial charge in [0, 0.05) is 37.9 Å². The summed E-state index contributed by atoms with van der Waals surface area (Å²) in [6.45, 7) is 1.47. The molecule has 2 aromatic rings. The molecule has 1 aliphatic carbocycles. The van der Waals surface area contributed by atoms with Crippen LogP contribution in [0.15, 0.2) is 60.7 Å². The van der Waals surface area contributed by atoms with Crippen LogP contribution < -0.4 is 5.32 Å². The molecule has 2 amide bonds. The van der Waals surface area contributed by atoms with Gasteiger partial charge in [0.25, 0.3) is 0 Å². The van der Waals surface area contributed by atoms with Crippen molar-refractivity contribution in [1.82, 2.24) is 10.2 Å². The number of nitrogens with zero attached hydrogens (tertiary/aromatic N) is 1. The number of benzene rings is 2. The first-order valence-electron chi connectivity index (χ1n) is 12.4. The van der Waals surface area contributed by atoms with E-state index in [1.165, 1.54) is 36.8 Å². The number of nitrogens with one attached hydrogen (secondary N) is 1. The molecule has 0 spiro atoms. The minimum absolute atomic E-state index is 0.0313. The highest BCUT2D eigenvalue weighted by Crippen LogP contribution is 2.35. The molecule has 1 N–H and O–H groups in total. The Morgan fingerprint density at radius 1 is 0.844 bits per heavy atom. The molecule has 0 bridgehead atoms. The summed E-state index contributed by atoms with van der Waals surface area (Å²) in [5.41, 5.74) is 2.39. The third kappa shape index (κ3) is 5.79. The molecule has 1 heterocycles. The molecule has 4 rings (SSSR count). The highest BCUT2D eigenvalue weighted by molar-refractivity contribution is 5.79. The first-order chi connectivity index (χ1) is 15.7. The van der Waals surface area contributed by atoms with Crippen LogP contribution in [-0.2, 0) is 9.59 Å². The average Bonchev–Trinajstić information content (AvgIpc) is 2.85. The van der Waals surface area contributed by atoms with Crippen LogP contribution in [0.4, 0.5) is 0 Å². The van der Waals surface area contributed by atoms with E-state index in [1.807, 2.05) is 36.4 Å². The number of hydrogen-bond acceptors (Lipinski definition) is 2. The van der Waals surface area contributed by atoms with Crippen molar-refractivity contribution in [3.05, 3.63) is 71.8 Å². The molecule has 2 fully saturated rings. The van der Waals surface area contributed by atoms with Gasteiger partial charge < -0.3 is 10.2 Å². The van der Waals surface area contributed by atoms with Crippen LogP contribution in [0.1, 0.15) is 74.8 Å². The molecule has 1 saturated heterocycles. The lowest BCUT2D eigenvalue weighted by Crippen LogP contribution is -2.49. The van der Waals surface area contributed by atoms with Gasteiger partial charge in [0.05, 0.1) is 0 Å². The predicted molar refractivity (Wildman–Crippen MR) is 128 cm³/mol. The smallest absolute Gasteiger partial charge is 0.222 e. The number of amides is 2. The van der Waals surface area contributed by atoms with E-state index in [2.05, 4.69) is 34.5 Å². The minimum atomic E-state index is 0.0313. The molecule has 0 aromatic heterocycles. The number of carbonyl (C=O) groups excluding carboxylic acids is 2. The molecular weight excluding hydrogens is 396 g/mol. The summed E-state index contributed by atoms with van der Waals surface area (Å²) in [6.07, 6.45) is 8.93. The second kappa shape index (κ2) is 11.3. The van der Waals surface area contributed by atoms with E-state index < -0.39 is 0 Å². The maximum Gasteiger partial charge on any atom is 0.222 e.